The second-order valence-electron chi connectivity index (χ2n) is 7.75. The quantitative estimate of drug-likeness (QED) is 0.438. The molecule has 0 saturated heterocycles. The Balaban J connectivity index is 1.31. The molecule has 0 radical (unpaired) electrons. The number of rotatable bonds is 8. The maximum atomic E-state index is 13.3. The van der Waals surface area contributed by atoms with Gasteiger partial charge in [-0.3, -0.25) is 9.48 Å². The van der Waals surface area contributed by atoms with Gasteiger partial charge in [-0.25, -0.2) is 9.07 Å². The number of nitrogens with zero attached hydrogens (tertiary/aromatic N) is 4. The van der Waals surface area contributed by atoms with E-state index in [1.165, 1.54) is 23.9 Å². The number of halogens is 1. The van der Waals surface area contributed by atoms with Crippen LogP contribution >= 0.6 is 0 Å². The van der Waals surface area contributed by atoms with Gasteiger partial charge in [0.1, 0.15) is 11.6 Å². The number of hydrogen-bond acceptors (Lipinski definition) is 4. The van der Waals surface area contributed by atoms with Gasteiger partial charge in [0, 0.05) is 12.4 Å². The van der Waals surface area contributed by atoms with E-state index in [1.807, 2.05) is 30.3 Å². The van der Waals surface area contributed by atoms with Gasteiger partial charge >= 0.3 is 0 Å². The fraction of sp³-hybridized carbons (Fsp3) is 0.208. The van der Waals surface area contributed by atoms with Gasteiger partial charge in [0.05, 0.1) is 18.4 Å². The maximum absolute atomic E-state index is 13.3. The van der Waals surface area contributed by atoms with Gasteiger partial charge in [-0.05, 0) is 47.4 Å². The van der Waals surface area contributed by atoms with Crippen molar-refractivity contribution in [3.8, 4) is 5.75 Å². The summed E-state index contributed by atoms with van der Waals surface area (Å²) in [5, 5.41) is 11.2. The van der Waals surface area contributed by atoms with Gasteiger partial charge in [-0.2, -0.15) is 10.2 Å². The molecule has 0 aliphatic rings. The molecule has 0 fully saturated rings. The Kier molecular flexibility index (Phi) is 6.30. The normalized spacial score (nSPS) is 11.0. The number of aromatic nitrogens is 4. The zero-order valence-corrected chi connectivity index (χ0v) is 17.9. The molecule has 4 rings (SSSR count). The van der Waals surface area contributed by atoms with Crippen LogP contribution in [0.1, 0.15) is 41.4 Å². The molecule has 8 heteroatoms. The van der Waals surface area contributed by atoms with E-state index >= 15 is 0 Å². The third-order valence-electron chi connectivity index (χ3n) is 4.91. The molecule has 2 heterocycles. The van der Waals surface area contributed by atoms with Gasteiger partial charge in [0.2, 0.25) is 0 Å². The summed E-state index contributed by atoms with van der Waals surface area (Å²) in [6.07, 6.45) is 4.91. The van der Waals surface area contributed by atoms with Crippen LogP contribution in [-0.2, 0) is 13.3 Å². The Morgan fingerprint density at radius 3 is 2.69 bits per heavy atom. The largest absolute Gasteiger partial charge is 0.471 e. The third-order valence-corrected chi connectivity index (χ3v) is 4.91. The molecule has 0 unspecified atom stereocenters. The van der Waals surface area contributed by atoms with E-state index in [9.17, 15) is 9.18 Å². The van der Waals surface area contributed by atoms with Crippen molar-refractivity contribution in [2.24, 2.45) is 0 Å². The molecule has 1 N–H and O–H groups in total. The highest BCUT2D eigenvalue weighted by molar-refractivity contribution is 6.02. The Labute approximate surface area is 185 Å². The van der Waals surface area contributed by atoms with Crippen molar-refractivity contribution in [1.82, 2.24) is 19.6 Å². The first kappa shape index (κ1) is 21.3. The molecule has 0 saturated carbocycles. The van der Waals surface area contributed by atoms with Crippen LogP contribution in [0.15, 0.2) is 73.2 Å². The van der Waals surface area contributed by atoms with Crippen LogP contribution in [0.25, 0.3) is 0 Å². The van der Waals surface area contributed by atoms with E-state index in [0.29, 0.717) is 18.2 Å². The van der Waals surface area contributed by atoms with E-state index in [0.717, 1.165) is 11.3 Å². The molecule has 7 nitrogen and oxygen atoms in total. The predicted molar refractivity (Wildman–Crippen MR) is 119 cm³/mol. The summed E-state index contributed by atoms with van der Waals surface area (Å²) in [7, 11) is 0. The average Bonchev–Trinajstić information content (AvgIpc) is 3.42. The van der Waals surface area contributed by atoms with Crippen LogP contribution in [0, 0.1) is 5.82 Å². The summed E-state index contributed by atoms with van der Waals surface area (Å²) < 4.78 is 22.2. The Morgan fingerprint density at radius 2 is 1.94 bits per heavy atom. The summed E-state index contributed by atoms with van der Waals surface area (Å²) in [6, 6.07) is 15.9. The molecular weight excluding hydrogens is 409 g/mol. The second kappa shape index (κ2) is 9.47. The SMILES string of the molecule is CC(C)c1ccc(OCn2ccc(C(=O)Nc3cnn(Cc4cccc(F)c4)c3)n2)cc1. The van der Waals surface area contributed by atoms with Crippen LogP contribution in [0.4, 0.5) is 10.1 Å². The lowest BCUT2D eigenvalue weighted by Gasteiger charge is -2.09. The summed E-state index contributed by atoms with van der Waals surface area (Å²) >= 11 is 0. The first-order valence-electron chi connectivity index (χ1n) is 10.3. The molecule has 0 bridgehead atoms. The van der Waals surface area contributed by atoms with Gasteiger partial charge in [0.15, 0.2) is 12.4 Å². The lowest BCUT2D eigenvalue weighted by atomic mass is 10.0. The second-order valence-corrected chi connectivity index (χ2v) is 7.75. The van der Waals surface area contributed by atoms with Crippen LogP contribution in [0.2, 0.25) is 0 Å². The minimum Gasteiger partial charge on any atom is -0.471 e. The van der Waals surface area contributed by atoms with Crippen molar-refractivity contribution < 1.29 is 13.9 Å². The average molecular weight is 433 g/mol. The molecule has 0 aliphatic carbocycles. The van der Waals surface area contributed by atoms with Crippen molar-refractivity contribution >= 4 is 11.6 Å². The highest BCUT2D eigenvalue weighted by Crippen LogP contribution is 2.19. The van der Waals surface area contributed by atoms with Gasteiger partial charge in [0.25, 0.3) is 5.91 Å². The summed E-state index contributed by atoms with van der Waals surface area (Å²) in [4.78, 5) is 12.5. The topological polar surface area (TPSA) is 74.0 Å². The van der Waals surface area contributed by atoms with Crippen molar-refractivity contribution in [1.29, 1.82) is 0 Å². The Bertz CT molecular complexity index is 1200. The fourth-order valence-corrected chi connectivity index (χ4v) is 3.18. The molecule has 4 aromatic rings. The number of hydrogen-bond donors (Lipinski definition) is 1. The minimum absolute atomic E-state index is 0.194. The van der Waals surface area contributed by atoms with Gasteiger partial charge < -0.3 is 10.1 Å². The highest BCUT2D eigenvalue weighted by Gasteiger charge is 2.12. The smallest absolute Gasteiger partial charge is 0.276 e. The van der Waals surface area contributed by atoms with Crippen molar-refractivity contribution in [2.45, 2.75) is 33.0 Å². The summed E-state index contributed by atoms with van der Waals surface area (Å²) in [6.45, 7) is 4.88. The molecule has 0 spiro atoms. The van der Waals surface area contributed by atoms with E-state index in [1.54, 1.807) is 33.9 Å². The van der Waals surface area contributed by atoms with Crippen LogP contribution in [0.5, 0.6) is 5.75 Å². The molecule has 0 aliphatic heterocycles. The number of benzene rings is 2. The zero-order valence-electron chi connectivity index (χ0n) is 17.9. The van der Waals surface area contributed by atoms with E-state index in [2.05, 4.69) is 29.4 Å². The van der Waals surface area contributed by atoms with E-state index in [4.69, 9.17) is 4.74 Å². The maximum Gasteiger partial charge on any atom is 0.276 e. The molecule has 164 valence electrons. The van der Waals surface area contributed by atoms with E-state index in [-0.39, 0.29) is 24.1 Å². The standard InChI is InChI=1S/C24H24FN5O2/c1-17(2)19-6-8-22(9-7-19)32-16-29-11-10-23(28-29)24(31)27-21-13-26-30(15-21)14-18-4-3-5-20(25)12-18/h3-13,15,17H,14,16H2,1-2H3,(H,27,31). The number of ether oxygens (including phenoxy) is 1. The third kappa shape index (κ3) is 5.40. The van der Waals surface area contributed by atoms with Crippen molar-refractivity contribution in [2.75, 3.05) is 5.32 Å². The molecule has 32 heavy (non-hydrogen) atoms. The fourth-order valence-electron chi connectivity index (χ4n) is 3.18. The molecular formula is C24H24FN5O2. The summed E-state index contributed by atoms with van der Waals surface area (Å²) in [5.41, 5.74) is 2.82. The number of carbonyl (C=O) groups excluding carboxylic acids is 1. The van der Waals surface area contributed by atoms with Crippen LogP contribution in [-0.4, -0.2) is 25.5 Å². The van der Waals surface area contributed by atoms with Crippen molar-refractivity contribution in [3.63, 3.8) is 0 Å². The Hall–Kier alpha value is -3.94. The first-order chi connectivity index (χ1) is 15.5. The lowest BCUT2D eigenvalue weighted by Crippen LogP contribution is -2.14. The van der Waals surface area contributed by atoms with E-state index < -0.39 is 0 Å². The summed E-state index contributed by atoms with van der Waals surface area (Å²) in [5.74, 6) is 0.553. The number of amides is 1. The van der Waals surface area contributed by atoms with Gasteiger partial charge in [-0.15, -0.1) is 0 Å². The first-order valence-corrected chi connectivity index (χ1v) is 10.3. The Morgan fingerprint density at radius 1 is 1.12 bits per heavy atom. The molecule has 1 amide bonds. The van der Waals surface area contributed by atoms with Crippen LogP contribution < -0.4 is 10.1 Å². The number of nitrogens with one attached hydrogen (secondary N) is 1. The minimum atomic E-state index is -0.352. The van der Waals surface area contributed by atoms with Crippen LogP contribution in [0.3, 0.4) is 0 Å². The number of anilines is 1. The molecule has 2 aromatic heterocycles. The monoisotopic (exact) mass is 433 g/mol. The highest BCUT2D eigenvalue weighted by atomic mass is 19.1. The number of carbonyl (C=O) groups is 1. The lowest BCUT2D eigenvalue weighted by molar-refractivity contribution is 0.102. The van der Waals surface area contributed by atoms with Gasteiger partial charge in [-0.1, -0.05) is 38.1 Å². The predicted octanol–water partition coefficient (Wildman–Crippen LogP) is 4.68. The molecule has 0 atom stereocenters. The zero-order chi connectivity index (χ0) is 22.5. The molecule has 2 aromatic carbocycles. The van der Waals surface area contributed by atoms with Crippen molar-refractivity contribution in [3.05, 3.63) is 95.8 Å².